The molecule has 2 aromatic rings. The van der Waals surface area contributed by atoms with E-state index in [2.05, 4.69) is 19.9 Å². The molecular weight excluding hydrogens is 360 g/mol. The van der Waals surface area contributed by atoms with E-state index in [-0.39, 0.29) is 6.09 Å². The third-order valence-electron chi connectivity index (χ3n) is 4.67. The zero-order valence-electron chi connectivity index (χ0n) is 16.9. The number of hydrogen-bond donors (Lipinski definition) is 2. The van der Waals surface area contributed by atoms with Crippen molar-refractivity contribution < 1.29 is 14.3 Å². The first-order valence-electron chi connectivity index (χ1n) is 9.83. The Kier molecular flexibility index (Phi) is 6.33. The van der Waals surface area contributed by atoms with E-state index >= 15 is 0 Å². The Morgan fingerprint density at radius 3 is 2.79 bits per heavy atom. The molecule has 0 bridgehead atoms. The lowest BCUT2D eigenvalue weighted by Gasteiger charge is -2.33. The molecule has 0 spiro atoms. The van der Waals surface area contributed by atoms with Crippen LogP contribution in [-0.2, 0) is 15.9 Å². The van der Waals surface area contributed by atoms with Gasteiger partial charge in [0.2, 0.25) is 0 Å². The summed E-state index contributed by atoms with van der Waals surface area (Å²) in [5, 5.41) is 0. The van der Waals surface area contributed by atoms with Gasteiger partial charge in [0.1, 0.15) is 16.9 Å². The zero-order chi connectivity index (χ0) is 20.1. The molecular formula is C19H30N6O3. The predicted molar refractivity (Wildman–Crippen MR) is 106 cm³/mol. The van der Waals surface area contributed by atoms with Gasteiger partial charge in [0, 0.05) is 32.7 Å². The van der Waals surface area contributed by atoms with Gasteiger partial charge in [-0.25, -0.2) is 19.7 Å². The minimum Gasteiger partial charge on any atom is -0.444 e. The third-order valence-corrected chi connectivity index (χ3v) is 4.67. The van der Waals surface area contributed by atoms with E-state index in [4.69, 9.17) is 15.2 Å². The molecule has 3 rings (SSSR count). The standard InChI is InChI=1S/C19H30N6O3/c1-19(2,3)28-18(26)25-8-6-13(7-9-25)11-27-10-4-5-14-23-16(20)15-17(24-14)22-12-21-15/h12-13H,4-11H2,1-3H3,(H3,20,21,22,23,24). The topological polar surface area (TPSA) is 119 Å². The van der Waals surface area contributed by atoms with Crippen LogP contribution in [0.4, 0.5) is 10.6 Å². The summed E-state index contributed by atoms with van der Waals surface area (Å²) in [7, 11) is 0. The Bertz CT molecular complexity index is 793. The Balaban J connectivity index is 1.32. The highest BCUT2D eigenvalue weighted by Crippen LogP contribution is 2.20. The van der Waals surface area contributed by atoms with Crippen LogP contribution in [0.2, 0.25) is 0 Å². The highest BCUT2D eigenvalue weighted by atomic mass is 16.6. The van der Waals surface area contributed by atoms with Crippen LogP contribution >= 0.6 is 0 Å². The molecule has 0 aliphatic carbocycles. The second-order valence-corrected chi connectivity index (χ2v) is 8.22. The first kappa shape index (κ1) is 20.3. The summed E-state index contributed by atoms with van der Waals surface area (Å²) >= 11 is 0. The number of rotatable bonds is 6. The number of aromatic nitrogens is 4. The number of anilines is 1. The molecule has 0 atom stereocenters. The SMILES string of the molecule is CC(C)(C)OC(=O)N1CCC(COCCCc2nc(N)c3[nH]cnc3n2)CC1. The Morgan fingerprint density at radius 2 is 2.07 bits per heavy atom. The van der Waals surface area contributed by atoms with Crippen LogP contribution in [0.15, 0.2) is 6.33 Å². The number of aromatic amines is 1. The lowest BCUT2D eigenvalue weighted by Crippen LogP contribution is -2.42. The average Bonchev–Trinajstić information content (AvgIpc) is 3.10. The summed E-state index contributed by atoms with van der Waals surface area (Å²) in [5.41, 5.74) is 6.73. The van der Waals surface area contributed by atoms with Crippen molar-refractivity contribution in [1.29, 1.82) is 0 Å². The number of nitrogens with two attached hydrogens (primary N) is 1. The van der Waals surface area contributed by atoms with E-state index < -0.39 is 5.60 Å². The summed E-state index contributed by atoms with van der Waals surface area (Å²) in [6.45, 7) is 8.46. The average molecular weight is 390 g/mol. The van der Waals surface area contributed by atoms with Crippen LogP contribution in [0.1, 0.15) is 45.9 Å². The fourth-order valence-corrected chi connectivity index (χ4v) is 3.21. The van der Waals surface area contributed by atoms with E-state index in [9.17, 15) is 4.79 Å². The number of nitrogens with zero attached hydrogens (tertiary/aromatic N) is 4. The molecule has 0 aromatic carbocycles. The molecule has 1 aliphatic heterocycles. The van der Waals surface area contributed by atoms with Crippen LogP contribution in [0.3, 0.4) is 0 Å². The highest BCUT2D eigenvalue weighted by molar-refractivity contribution is 5.80. The van der Waals surface area contributed by atoms with Gasteiger partial charge < -0.3 is 25.1 Å². The number of fused-ring (bicyclic) bond motifs is 1. The number of carbonyl (C=O) groups is 1. The molecule has 3 N–H and O–H groups in total. The van der Waals surface area contributed by atoms with Crippen molar-refractivity contribution in [2.24, 2.45) is 5.92 Å². The molecule has 28 heavy (non-hydrogen) atoms. The van der Waals surface area contributed by atoms with Gasteiger partial charge in [-0.3, -0.25) is 0 Å². The van der Waals surface area contributed by atoms with Crippen molar-refractivity contribution >= 4 is 23.1 Å². The molecule has 0 unspecified atom stereocenters. The lowest BCUT2D eigenvalue weighted by atomic mass is 9.98. The summed E-state index contributed by atoms with van der Waals surface area (Å²) in [6, 6.07) is 0. The number of aryl methyl sites for hydroxylation is 1. The largest absolute Gasteiger partial charge is 0.444 e. The van der Waals surface area contributed by atoms with Gasteiger partial charge in [-0.1, -0.05) is 0 Å². The van der Waals surface area contributed by atoms with Gasteiger partial charge in [0.05, 0.1) is 6.33 Å². The van der Waals surface area contributed by atoms with Crippen LogP contribution in [-0.4, -0.2) is 62.8 Å². The number of ether oxygens (including phenoxy) is 2. The second kappa shape index (κ2) is 8.72. The Hall–Kier alpha value is -2.42. The van der Waals surface area contributed by atoms with Crippen molar-refractivity contribution in [1.82, 2.24) is 24.8 Å². The normalized spacial score (nSPS) is 15.9. The van der Waals surface area contributed by atoms with Gasteiger partial charge in [-0.2, -0.15) is 0 Å². The van der Waals surface area contributed by atoms with E-state index in [1.165, 1.54) is 0 Å². The number of nitrogens with one attached hydrogen (secondary N) is 1. The Morgan fingerprint density at radius 1 is 1.32 bits per heavy atom. The first-order valence-corrected chi connectivity index (χ1v) is 9.83. The monoisotopic (exact) mass is 390 g/mol. The van der Waals surface area contributed by atoms with Gasteiger partial charge in [-0.05, 0) is 46.0 Å². The minimum absolute atomic E-state index is 0.222. The van der Waals surface area contributed by atoms with E-state index in [0.717, 1.165) is 32.4 Å². The van der Waals surface area contributed by atoms with Gasteiger partial charge in [-0.15, -0.1) is 0 Å². The minimum atomic E-state index is -0.451. The molecule has 0 saturated carbocycles. The van der Waals surface area contributed by atoms with Gasteiger partial charge >= 0.3 is 6.09 Å². The third kappa shape index (κ3) is 5.54. The number of carbonyl (C=O) groups excluding carboxylic acids is 1. The number of imidazole rings is 1. The number of hydrogen-bond acceptors (Lipinski definition) is 7. The number of H-pyrrole nitrogens is 1. The maximum absolute atomic E-state index is 12.1. The quantitative estimate of drug-likeness (QED) is 0.727. The smallest absolute Gasteiger partial charge is 0.410 e. The highest BCUT2D eigenvalue weighted by Gasteiger charge is 2.26. The molecule has 0 radical (unpaired) electrons. The van der Waals surface area contributed by atoms with Gasteiger partial charge in [0.15, 0.2) is 11.5 Å². The molecule has 1 amide bonds. The summed E-state index contributed by atoms with van der Waals surface area (Å²) in [4.78, 5) is 29.6. The summed E-state index contributed by atoms with van der Waals surface area (Å²) in [6.07, 6.45) is 4.75. The van der Waals surface area contributed by atoms with Crippen LogP contribution < -0.4 is 5.73 Å². The molecule has 2 aromatic heterocycles. The van der Waals surface area contributed by atoms with Gasteiger partial charge in [0.25, 0.3) is 0 Å². The van der Waals surface area contributed by atoms with Crippen LogP contribution in [0.25, 0.3) is 11.2 Å². The number of amides is 1. The molecule has 154 valence electrons. The molecule has 1 fully saturated rings. The van der Waals surface area contributed by atoms with Crippen LogP contribution in [0.5, 0.6) is 0 Å². The van der Waals surface area contributed by atoms with Crippen molar-refractivity contribution in [3.63, 3.8) is 0 Å². The molecule has 1 saturated heterocycles. The van der Waals surface area contributed by atoms with Crippen molar-refractivity contribution in [3.05, 3.63) is 12.2 Å². The van der Waals surface area contributed by atoms with Crippen LogP contribution in [0, 0.1) is 5.92 Å². The Labute approximate surface area is 165 Å². The van der Waals surface area contributed by atoms with E-state index in [1.54, 1.807) is 11.2 Å². The maximum Gasteiger partial charge on any atom is 0.410 e. The number of piperidine rings is 1. The number of nitrogen functional groups attached to an aromatic ring is 1. The molecule has 1 aliphatic rings. The van der Waals surface area contributed by atoms with Crippen molar-refractivity contribution in [2.45, 2.75) is 52.1 Å². The fraction of sp³-hybridized carbons (Fsp3) is 0.684. The maximum atomic E-state index is 12.1. The first-order chi connectivity index (χ1) is 13.3. The zero-order valence-corrected chi connectivity index (χ0v) is 16.9. The number of likely N-dealkylation sites (tertiary alicyclic amines) is 1. The predicted octanol–water partition coefficient (Wildman–Crippen LogP) is 2.53. The second-order valence-electron chi connectivity index (χ2n) is 8.22. The summed E-state index contributed by atoms with van der Waals surface area (Å²) < 4.78 is 11.3. The molecule has 9 nitrogen and oxygen atoms in total. The van der Waals surface area contributed by atoms with Crippen molar-refractivity contribution in [2.75, 3.05) is 32.0 Å². The lowest BCUT2D eigenvalue weighted by molar-refractivity contribution is 0.0116. The van der Waals surface area contributed by atoms with Crippen molar-refractivity contribution in [3.8, 4) is 0 Å². The summed E-state index contributed by atoms with van der Waals surface area (Å²) in [5.74, 6) is 1.59. The molecule has 3 heterocycles. The van der Waals surface area contributed by atoms with E-state index in [0.29, 0.717) is 48.4 Å². The molecule has 9 heteroatoms. The van der Waals surface area contributed by atoms with E-state index in [1.807, 2.05) is 20.8 Å². The fourth-order valence-electron chi connectivity index (χ4n) is 3.21.